The number of nitrogens with one attached hydrogen (secondary N) is 1. The number of pyridine rings is 1. The van der Waals surface area contributed by atoms with E-state index >= 15 is 0 Å². The number of benzene rings is 2. The molecule has 0 spiro atoms. The van der Waals surface area contributed by atoms with Gasteiger partial charge in [0.15, 0.2) is 0 Å². The second-order valence-electron chi connectivity index (χ2n) is 8.68. The Balaban J connectivity index is 1.53. The molecule has 36 heavy (non-hydrogen) atoms. The number of carbonyl (C=O) groups excluding carboxylic acids is 1. The van der Waals surface area contributed by atoms with E-state index in [9.17, 15) is 9.18 Å². The molecule has 1 aliphatic rings. The highest BCUT2D eigenvalue weighted by Crippen LogP contribution is 2.47. The Labute approximate surface area is 211 Å². The van der Waals surface area contributed by atoms with E-state index in [4.69, 9.17) is 5.10 Å². The molecule has 1 unspecified atom stereocenters. The van der Waals surface area contributed by atoms with Crippen LogP contribution in [0.1, 0.15) is 28.9 Å². The Morgan fingerprint density at radius 1 is 1.17 bits per heavy atom. The molecular weight excluding hydrogens is 475 g/mol. The summed E-state index contributed by atoms with van der Waals surface area (Å²) in [5, 5.41) is 13.3. The fourth-order valence-corrected chi connectivity index (χ4v) is 5.91. The van der Waals surface area contributed by atoms with Gasteiger partial charge in [0.25, 0.3) is 0 Å². The average Bonchev–Trinajstić information content (AvgIpc) is 3.41. The van der Waals surface area contributed by atoms with E-state index in [0.29, 0.717) is 12.3 Å². The lowest BCUT2D eigenvalue weighted by Gasteiger charge is -2.19. The first-order valence-electron chi connectivity index (χ1n) is 11.7. The fraction of sp³-hybridized carbons (Fsp3) is 0.185. The highest BCUT2D eigenvalue weighted by molar-refractivity contribution is 8.00. The number of aromatic nitrogens is 5. The van der Waals surface area contributed by atoms with Crippen LogP contribution >= 0.6 is 11.8 Å². The predicted molar refractivity (Wildman–Crippen MR) is 140 cm³/mol. The van der Waals surface area contributed by atoms with Gasteiger partial charge in [0.05, 0.1) is 34.1 Å². The summed E-state index contributed by atoms with van der Waals surface area (Å²) >= 11 is 1.59. The van der Waals surface area contributed by atoms with Crippen LogP contribution in [0.25, 0.3) is 28.0 Å². The maximum atomic E-state index is 13.5. The molecule has 0 aliphatic carbocycles. The molecule has 1 atom stereocenters. The molecule has 7 nitrogen and oxygen atoms in total. The molecule has 1 aliphatic heterocycles. The Bertz CT molecular complexity index is 1590. The average molecular weight is 499 g/mol. The Hall–Kier alpha value is -3.98. The summed E-state index contributed by atoms with van der Waals surface area (Å²) in [5.74, 6) is 0.722. The zero-order valence-electron chi connectivity index (χ0n) is 19.8. The molecule has 3 aromatic heterocycles. The summed E-state index contributed by atoms with van der Waals surface area (Å²) in [5.41, 5.74) is 6.39. The lowest BCUT2D eigenvalue weighted by Crippen LogP contribution is -2.16. The van der Waals surface area contributed by atoms with Crippen molar-refractivity contribution in [1.29, 1.82) is 0 Å². The first kappa shape index (κ1) is 22.5. The molecule has 9 heteroatoms. The number of hydrogen-bond acceptors (Lipinski definition) is 5. The van der Waals surface area contributed by atoms with E-state index in [0.717, 1.165) is 50.5 Å². The number of carbonyl (C=O) groups is 1. The third-order valence-electron chi connectivity index (χ3n) is 6.41. The third-order valence-corrected chi connectivity index (χ3v) is 7.66. The minimum Gasteiger partial charge on any atom is -0.310 e. The minimum absolute atomic E-state index is 0.0474. The number of amides is 1. The number of nitrogens with zero attached hydrogens (tertiary/aromatic N) is 5. The molecule has 1 amide bonds. The SMILES string of the molecule is CCn1nc(-c2ccccn2)c2c1NC(=O)CSC2c1cc2cnn(-c3ccc(F)cc3)c2cc1C. The number of fused-ring (bicyclic) bond motifs is 2. The van der Waals surface area contributed by atoms with Crippen LogP contribution in [0.5, 0.6) is 0 Å². The smallest absolute Gasteiger partial charge is 0.235 e. The van der Waals surface area contributed by atoms with Crippen molar-refractivity contribution in [2.45, 2.75) is 25.6 Å². The largest absolute Gasteiger partial charge is 0.310 e. The predicted octanol–water partition coefficient (Wildman–Crippen LogP) is 5.53. The van der Waals surface area contributed by atoms with Crippen molar-refractivity contribution in [1.82, 2.24) is 24.5 Å². The van der Waals surface area contributed by atoms with Crippen LogP contribution in [0.15, 0.2) is 67.0 Å². The van der Waals surface area contributed by atoms with Gasteiger partial charge in [0.2, 0.25) is 5.91 Å². The molecule has 6 rings (SSSR count). The van der Waals surface area contributed by atoms with Crippen molar-refractivity contribution in [3.8, 4) is 17.1 Å². The van der Waals surface area contributed by atoms with E-state index in [-0.39, 0.29) is 17.0 Å². The topological polar surface area (TPSA) is 77.6 Å². The van der Waals surface area contributed by atoms with Crippen molar-refractivity contribution in [3.63, 3.8) is 0 Å². The first-order valence-corrected chi connectivity index (χ1v) is 12.8. The molecule has 0 radical (unpaired) electrons. The van der Waals surface area contributed by atoms with E-state index in [1.807, 2.05) is 40.7 Å². The van der Waals surface area contributed by atoms with Gasteiger partial charge in [-0.25, -0.2) is 13.8 Å². The number of aryl methyl sites for hydroxylation is 2. The van der Waals surface area contributed by atoms with Gasteiger partial charge in [-0.3, -0.25) is 9.78 Å². The van der Waals surface area contributed by atoms with Gasteiger partial charge < -0.3 is 5.32 Å². The highest BCUT2D eigenvalue weighted by Gasteiger charge is 2.33. The van der Waals surface area contributed by atoms with Gasteiger partial charge >= 0.3 is 0 Å². The first-order chi connectivity index (χ1) is 17.5. The summed E-state index contributed by atoms with van der Waals surface area (Å²) in [6.07, 6.45) is 3.58. The van der Waals surface area contributed by atoms with Gasteiger partial charge in [-0.05, 0) is 73.5 Å². The fourth-order valence-electron chi connectivity index (χ4n) is 4.70. The Kier molecular flexibility index (Phi) is 5.56. The van der Waals surface area contributed by atoms with Crippen molar-refractivity contribution in [2.24, 2.45) is 0 Å². The molecule has 180 valence electrons. The summed E-state index contributed by atoms with van der Waals surface area (Å²) in [6.45, 7) is 4.70. The van der Waals surface area contributed by atoms with Crippen LogP contribution in [0.4, 0.5) is 10.2 Å². The van der Waals surface area contributed by atoms with Crippen LogP contribution in [0, 0.1) is 12.7 Å². The second kappa shape index (κ2) is 8.91. The maximum Gasteiger partial charge on any atom is 0.235 e. The molecule has 0 saturated heterocycles. The maximum absolute atomic E-state index is 13.5. The lowest BCUT2D eigenvalue weighted by atomic mass is 9.97. The van der Waals surface area contributed by atoms with Crippen LogP contribution in [-0.2, 0) is 11.3 Å². The summed E-state index contributed by atoms with van der Waals surface area (Å²) in [6, 6.07) is 16.3. The van der Waals surface area contributed by atoms with Gasteiger partial charge in [0.1, 0.15) is 17.3 Å². The van der Waals surface area contributed by atoms with Crippen molar-refractivity contribution < 1.29 is 9.18 Å². The van der Waals surface area contributed by atoms with Gasteiger partial charge in [-0.2, -0.15) is 10.2 Å². The molecule has 5 aromatic rings. The lowest BCUT2D eigenvalue weighted by molar-refractivity contribution is -0.113. The number of rotatable bonds is 4. The summed E-state index contributed by atoms with van der Waals surface area (Å²) in [7, 11) is 0. The standard InChI is InChI=1S/C27H23FN6OS/c1-3-33-27-24(25(32-33)21-6-4-5-11-29-21)26(36-15-23(35)31-27)20-13-17-14-30-34(22(17)12-16(20)2)19-9-7-18(28)8-10-19/h4-14,26H,3,15H2,1-2H3,(H,31,35). The van der Waals surface area contributed by atoms with Gasteiger partial charge in [-0.15, -0.1) is 11.8 Å². The molecule has 1 N–H and O–H groups in total. The zero-order chi connectivity index (χ0) is 24.8. The summed E-state index contributed by atoms with van der Waals surface area (Å²) in [4.78, 5) is 17.2. The molecule has 0 fully saturated rings. The number of anilines is 1. The van der Waals surface area contributed by atoms with Crippen molar-refractivity contribution in [2.75, 3.05) is 11.1 Å². The third kappa shape index (κ3) is 3.76. The molecule has 0 bridgehead atoms. The minimum atomic E-state index is -0.283. The van der Waals surface area contributed by atoms with Crippen molar-refractivity contribution in [3.05, 3.63) is 89.5 Å². The van der Waals surface area contributed by atoms with E-state index < -0.39 is 0 Å². The molecular formula is C27H23FN6OS. The zero-order valence-corrected chi connectivity index (χ0v) is 20.6. The Morgan fingerprint density at radius 2 is 2.00 bits per heavy atom. The van der Waals surface area contributed by atoms with Crippen LogP contribution < -0.4 is 5.32 Å². The van der Waals surface area contributed by atoms with E-state index in [1.165, 1.54) is 12.1 Å². The van der Waals surface area contributed by atoms with Gasteiger partial charge in [0, 0.05) is 23.7 Å². The summed E-state index contributed by atoms with van der Waals surface area (Å²) < 4.78 is 17.1. The van der Waals surface area contributed by atoms with E-state index in [2.05, 4.69) is 34.5 Å². The molecule has 2 aromatic carbocycles. The van der Waals surface area contributed by atoms with Crippen molar-refractivity contribution >= 4 is 34.4 Å². The number of hydrogen-bond donors (Lipinski definition) is 1. The molecule has 0 saturated carbocycles. The van der Waals surface area contributed by atoms with Crippen LogP contribution in [0.2, 0.25) is 0 Å². The molecule has 4 heterocycles. The van der Waals surface area contributed by atoms with E-state index in [1.54, 1.807) is 30.1 Å². The quantitative estimate of drug-likeness (QED) is 0.353. The number of thioether (sulfide) groups is 1. The second-order valence-corrected chi connectivity index (χ2v) is 9.77. The van der Waals surface area contributed by atoms with Crippen LogP contribution in [-0.4, -0.2) is 36.2 Å². The highest BCUT2D eigenvalue weighted by atomic mass is 32.2. The Morgan fingerprint density at radius 3 is 2.75 bits per heavy atom. The normalized spacial score (nSPS) is 15.5. The monoisotopic (exact) mass is 498 g/mol. The van der Waals surface area contributed by atoms with Crippen LogP contribution in [0.3, 0.4) is 0 Å². The number of halogens is 1. The van der Waals surface area contributed by atoms with Gasteiger partial charge in [-0.1, -0.05) is 6.07 Å².